The molecule has 4 aromatic rings. The number of carbonyl (C=O) groups is 1. The van der Waals surface area contributed by atoms with Gasteiger partial charge < -0.3 is 4.42 Å². The molecule has 4 heterocycles. The van der Waals surface area contributed by atoms with Gasteiger partial charge in [0.25, 0.3) is 10.0 Å². The lowest BCUT2D eigenvalue weighted by Crippen LogP contribution is -2.40. The molecule has 1 aliphatic rings. The standard InChI is InChI=1S/C25H21F3N4O4S/c26-25(27,28)18-14-30-24(31-15-18)17-9-10-29-19(12-17)7-8-21(33)20-5-3-11-32(20)37(34,35)23-13-16-4-1-2-6-22(16)36-23/h1-2,4,6,9-10,12-15,20H,3,5,7-8,11H2/t20-/m0/s1. The Morgan fingerprint density at radius 1 is 1.08 bits per heavy atom. The van der Waals surface area contributed by atoms with Crippen LogP contribution in [-0.4, -0.2) is 46.0 Å². The lowest BCUT2D eigenvalue weighted by atomic mass is 10.0. The molecule has 37 heavy (non-hydrogen) atoms. The van der Waals surface area contributed by atoms with E-state index in [1.54, 1.807) is 36.4 Å². The van der Waals surface area contributed by atoms with Crippen LogP contribution in [0.2, 0.25) is 0 Å². The van der Waals surface area contributed by atoms with E-state index >= 15 is 0 Å². The lowest BCUT2D eigenvalue weighted by Gasteiger charge is -2.21. The first kappa shape index (κ1) is 25.0. The third kappa shape index (κ3) is 5.12. The summed E-state index contributed by atoms with van der Waals surface area (Å²) >= 11 is 0. The van der Waals surface area contributed by atoms with Gasteiger partial charge in [0.1, 0.15) is 5.58 Å². The van der Waals surface area contributed by atoms with Gasteiger partial charge in [-0.05, 0) is 37.5 Å². The predicted octanol–water partition coefficient (Wildman–Crippen LogP) is 4.66. The maximum Gasteiger partial charge on any atom is 0.419 e. The minimum atomic E-state index is -4.53. The molecule has 5 rings (SSSR count). The summed E-state index contributed by atoms with van der Waals surface area (Å²) in [6.07, 6.45) is -0.423. The van der Waals surface area contributed by atoms with Crippen molar-refractivity contribution >= 4 is 26.8 Å². The lowest BCUT2D eigenvalue weighted by molar-refractivity contribution is -0.138. The van der Waals surface area contributed by atoms with Gasteiger partial charge in [-0.2, -0.15) is 17.5 Å². The Bertz CT molecular complexity index is 1520. The Hall–Kier alpha value is -3.64. The molecular weight excluding hydrogens is 509 g/mol. The number of pyridine rings is 1. The van der Waals surface area contributed by atoms with Crippen molar-refractivity contribution in [3.63, 3.8) is 0 Å². The largest absolute Gasteiger partial charge is 0.443 e. The van der Waals surface area contributed by atoms with E-state index in [9.17, 15) is 26.4 Å². The molecule has 0 radical (unpaired) electrons. The van der Waals surface area contributed by atoms with Crippen LogP contribution in [0.15, 0.2) is 70.6 Å². The molecule has 1 fully saturated rings. The van der Waals surface area contributed by atoms with Crippen molar-refractivity contribution < 1.29 is 30.8 Å². The zero-order valence-corrected chi connectivity index (χ0v) is 20.2. The molecule has 0 saturated carbocycles. The molecule has 0 bridgehead atoms. The summed E-state index contributed by atoms with van der Waals surface area (Å²) in [6, 6.07) is 10.8. The van der Waals surface area contributed by atoms with Gasteiger partial charge in [-0.3, -0.25) is 9.78 Å². The van der Waals surface area contributed by atoms with Gasteiger partial charge in [-0.1, -0.05) is 18.2 Å². The molecule has 12 heteroatoms. The zero-order valence-electron chi connectivity index (χ0n) is 19.4. The average molecular weight is 531 g/mol. The minimum absolute atomic E-state index is 0.0428. The second-order valence-electron chi connectivity index (χ2n) is 8.67. The van der Waals surface area contributed by atoms with Crippen molar-refractivity contribution in [1.29, 1.82) is 0 Å². The normalized spacial score (nSPS) is 16.9. The SMILES string of the molecule is O=C(CCc1cc(-c2ncc(C(F)(F)F)cn2)ccn1)[C@@H]1CCCN1S(=O)(=O)c1cc2ccccc2o1. The molecule has 0 amide bonds. The summed E-state index contributed by atoms with van der Waals surface area (Å²) in [4.78, 5) is 24.9. The highest BCUT2D eigenvalue weighted by Gasteiger charge is 2.40. The van der Waals surface area contributed by atoms with Crippen LogP contribution in [0, 0.1) is 0 Å². The van der Waals surface area contributed by atoms with Gasteiger partial charge >= 0.3 is 6.18 Å². The topological polar surface area (TPSA) is 106 Å². The van der Waals surface area contributed by atoms with Crippen LogP contribution in [0.1, 0.15) is 30.5 Å². The Morgan fingerprint density at radius 2 is 1.84 bits per heavy atom. The second kappa shape index (κ2) is 9.67. The Kier molecular flexibility index (Phi) is 6.54. The summed E-state index contributed by atoms with van der Waals surface area (Å²) in [5.74, 6) is -0.142. The number of benzene rings is 1. The van der Waals surface area contributed by atoms with Crippen molar-refractivity contribution in [1.82, 2.24) is 19.3 Å². The van der Waals surface area contributed by atoms with Gasteiger partial charge in [0.05, 0.1) is 11.6 Å². The number of ketones is 1. The highest BCUT2D eigenvalue weighted by atomic mass is 32.2. The van der Waals surface area contributed by atoms with Crippen molar-refractivity contribution in [3.05, 3.63) is 72.3 Å². The number of halogens is 3. The van der Waals surface area contributed by atoms with Crippen LogP contribution in [0.4, 0.5) is 13.2 Å². The third-order valence-corrected chi connectivity index (χ3v) is 7.99. The fourth-order valence-electron chi connectivity index (χ4n) is 4.35. The maximum absolute atomic E-state index is 13.3. The van der Waals surface area contributed by atoms with Crippen LogP contribution >= 0.6 is 0 Å². The van der Waals surface area contributed by atoms with Gasteiger partial charge in [-0.25, -0.2) is 18.4 Å². The zero-order chi connectivity index (χ0) is 26.2. The number of alkyl halides is 3. The maximum atomic E-state index is 13.3. The second-order valence-corrected chi connectivity index (χ2v) is 10.5. The van der Waals surface area contributed by atoms with Gasteiger partial charge in [-0.15, -0.1) is 0 Å². The summed E-state index contributed by atoms with van der Waals surface area (Å²) in [5.41, 5.74) is 0.473. The summed E-state index contributed by atoms with van der Waals surface area (Å²) in [7, 11) is -4.00. The van der Waals surface area contributed by atoms with E-state index in [-0.39, 0.29) is 36.1 Å². The molecule has 0 unspecified atom stereocenters. The number of fused-ring (bicyclic) bond motifs is 1. The van der Waals surface area contributed by atoms with E-state index in [0.29, 0.717) is 47.5 Å². The van der Waals surface area contributed by atoms with E-state index in [2.05, 4.69) is 15.0 Å². The predicted molar refractivity (Wildman–Crippen MR) is 127 cm³/mol. The fraction of sp³-hybridized carbons (Fsp3) is 0.280. The average Bonchev–Trinajstić information content (AvgIpc) is 3.55. The van der Waals surface area contributed by atoms with Crippen molar-refractivity contribution in [2.24, 2.45) is 0 Å². The van der Waals surface area contributed by atoms with Crippen LogP contribution in [-0.2, 0) is 27.4 Å². The Morgan fingerprint density at radius 3 is 2.57 bits per heavy atom. The molecule has 192 valence electrons. The van der Waals surface area contributed by atoms with E-state index in [1.807, 2.05) is 0 Å². The number of hydrogen-bond acceptors (Lipinski definition) is 7. The minimum Gasteiger partial charge on any atom is -0.443 e. The highest BCUT2D eigenvalue weighted by molar-refractivity contribution is 7.89. The van der Waals surface area contributed by atoms with Crippen molar-refractivity contribution in [2.45, 2.75) is 43.0 Å². The van der Waals surface area contributed by atoms with Crippen LogP contribution in [0.5, 0.6) is 0 Å². The van der Waals surface area contributed by atoms with Crippen LogP contribution < -0.4 is 0 Å². The summed E-state index contributed by atoms with van der Waals surface area (Å²) in [5, 5.41) is 0.463. The monoisotopic (exact) mass is 530 g/mol. The Labute approximate surface area is 210 Å². The molecule has 1 aliphatic heterocycles. The highest BCUT2D eigenvalue weighted by Crippen LogP contribution is 2.31. The van der Waals surface area contributed by atoms with Crippen molar-refractivity contribution in [2.75, 3.05) is 6.54 Å². The van der Waals surface area contributed by atoms with Crippen molar-refractivity contribution in [3.8, 4) is 11.4 Å². The van der Waals surface area contributed by atoms with E-state index in [0.717, 1.165) is 0 Å². The first-order chi connectivity index (χ1) is 17.6. The van der Waals surface area contributed by atoms with E-state index in [1.165, 1.54) is 16.6 Å². The molecule has 0 aliphatic carbocycles. The number of carbonyl (C=O) groups excluding carboxylic acids is 1. The number of Topliss-reactive ketones (excluding diaryl/α,β-unsaturated/α-hetero) is 1. The van der Waals surface area contributed by atoms with E-state index < -0.39 is 27.8 Å². The number of sulfonamides is 1. The number of aromatic nitrogens is 3. The molecule has 1 aromatic carbocycles. The number of aryl methyl sites for hydroxylation is 1. The van der Waals surface area contributed by atoms with E-state index in [4.69, 9.17) is 4.42 Å². The van der Waals surface area contributed by atoms with Gasteiger partial charge in [0, 0.05) is 54.3 Å². The number of nitrogens with zero attached hydrogens (tertiary/aromatic N) is 4. The number of para-hydroxylation sites is 1. The molecule has 1 saturated heterocycles. The molecular formula is C25H21F3N4O4S. The number of hydrogen-bond donors (Lipinski definition) is 0. The first-order valence-electron chi connectivity index (χ1n) is 11.5. The van der Waals surface area contributed by atoms with Crippen LogP contribution in [0.25, 0.3) is 22.4 Å². The quantitative estimate of drug-likeness (QED) is 0.342. The molecule has 8 nitrogen and oxygen atoms in total. The van der Waals surface area contributed by atoms with Gasteiger partial charge in [0.2, 0.25) is 5.09 Å². The smallest absolute Gasteiger partial charge is 0.419 e. The first-order valence-corrected chi connectivity index (χ1v) is 12.9. The third-order valence-electron chi connectivity index (χ3n) is 6.22. The molecule has 3 aromatic heterocycles. The Balaban J connectivity index is 1.28. The summed E-state index contributed by atoms with van der Waals surface area (Å²) in [6.45, 7) is 0.217. The molecule has 1 atom stereocenters. The fourth-order valence-corrected chi connectivity index (χ4v) is 5.97. The number of furan rings is 1. The van der Waals surface area contributed by atoms with Gasteiger partial charge in [0.15, 0.2) is 11.6 Å². The number of rotatable bonds is 7. The van der Waals surface area contributed by atoms with Crippen LogP contribution in [0.3, 0.4) is 0 Å². The summed E-state index contributed by atoms with van der Waals surface area (Å²) < 4.78 is 71.6. The molecule has 0 spiro atoms. The molecule has 0 N–H and O–H groups in total.